The molecular formula is C16H15N3O3S3. The van der Waals surface area contributed by atoms with Crippen LogP contribution in [0.3, 0.4) is 0 Å². The highest BCUT2D eigenvalue weighted by molar-refractivity contribution is 7.91. The molecule has 0 saturated carbocycles. The summed E-state index contributed by atoms with van der Waals surface area (Å²) in [7, 11) is -3.77. The summed E-state index contributed by atoms with van der Waals surface area (Å²) in [5, 5.41) is 6.49. The zero-order valence-electron chi connectivity index (χ0n) is 13.0. The van der Waals surface area contributed by atoms with Crippen molar-refractivity contribution >= 4 is 43.7 Å². The lowest BCUT2D eigenvalue weighted by Crippen LogP contribution is -2.45. The fraction of sp³-hybridized carbons (Fsp3) is 0.125. The van der Waals surface area contributed by atoms with Crippen molar-refractivity contribution in [2.45, 2.75) is 16.7 Å². The lowest BCUT2D eigenvalue weighted by Gasteiger charge is -2.17. The van der Waals surface area contributed by atoms with Crippen molar-refractivity contribution in [1.82, 2.24) is 9.71 Å². The molecule has 3 rings (SSSR count). The number of anilines is 1. The summed E-state index contributed by atoms with van der Waals surface area (Å²) in [6.45, 7) is 0. The van der Waals surface area contributed by atoms with E-state index in [1.807, 2.05) is 30.3 Å². The van der Waals surface area contributed by atoms with Gasteiger partial charge in [0.2, 0.25) is 5.91 Å². The molecule has 0 radical (unpaired) electrons. The van der Waals surface area contributed by atoms with Gasteiger partial charge in [-0.3, -0.25) is 4.79 Å². The second kappa shape index (κ2) is 7.87. The first-order valence-electron chi connectivity index (χ1n) is 7.35. The molecule has 1 atom stereocenters. The summed E-state index contributed by atoms with van der Waals surface area (Å²) in [4.78, 5) is 16.6. The Morgan fingerprint density at radius 1 is 1.08 bits per heavy atom. The molecule has 0 aliphatic rings. The monoisotopic (exact) mass is 393 g/mol. The van der Waals surface area contributed by atoms with Crippen LogP contribution in [0.15, 0.2) is 63.6 Å². The van der Waals surface area contributed by atoms with Gasteiger partial charge in [0.15, 0.2) is 5.13 Å². The fourth-order valence-electron chi connectivity index (χ4n) is 2.18. The largest absolute Gasteiger partial charge is 0.301 e. The number of thiophene rings is 1. The van der Waals surface area contributed by atoms with E-state index in [0.717, 1.165) is 16.9 Å². The van der Waals surface area contributed by atoms with Gasteiger partial charge in [0.05, 0.1) is 0 Å². The predicted molar refractivity (Wildman–Crippen MR) is 99.3 cm³/mol. The first-order valence-corrected chi connectivity index (χ1v) is 10.6. The molecular weight excluding hydrogens is 378 g/mol. The molecule has 25 heavy (non-hydrogen) atoms. The van der Waals surface area contributed by atoms with Crippen LogP contribution in [-0.2, 0) is 21.2 Å². The number of carbonyl (C=O) groups is 1. The lowest BCUT2D eigenvalue weighted by molar-refractivity contribution is -0.117. The van der Waals surface area contributed by atoms with Crippen LogP contribution in [0, 0.1) is 0 Å². The summed E-state index contributed by atoms with van der Waals surface area (Å²) in [6, 6.07) is 11.5. The molecule has 0 fully saturated rings. The van der Waals surface area contributed by atoms with E-state index in [1.54, 1.807) is 23.0 Å². The number of amides is 1. The van der Waals surface area contributed by atoms with Gasteiger partial charge in [-0.2, -0.15) is 4.72 Å². The lowest BCUT2D eigenvalue weighted by atomic mass is 10.1. The molecule has 2 heterocycles. The predicted octanol–water partition coefficient (Wildman–Crippen LogP) is 2.73. The van der Waals surface area contributed by atoms with Crippen LogP contribution in [-0.4, -0.2) is 25.4 Å². The molecule has 1 amide bonds. The average Bonchev–Trinajstić information content (AvgIpc) is 3.29. The third-order valence-electron chi connectivity index (χ3n) is 3.32. The van der Waals surface area contributed by atoms with E-state index in [2.05, 4.69) is 15.0 Å². The van der Waals surface area contributed by atoms with Gasteiger partial charge in [0.1, 0.15) is 10.3 Å². The Balaban J connectivity index is 1.82. The number of rotatable bonds is 7. The number of carbonyl (C=O) groups excluding carboxylic acids is 1. The van der Waals surface area contributed by atoms with E-state index in [-0.39, 0.29) is 10.6 Å². The van der Waals surface area contributed by atoms with Gasteiger partial charge in [-0.15, -0.1) is 22.7 Å². The molecule has 2 aromatic heterocycles. The van der Waals surface area contributed by atoms with Crippen molar-refractivity contribution < 1.29 is 13.2 Å². The zero-order chi connectivity index (χ0) is 17.7. The molecule has 0 spiro atoms. The molecule has 0 aliphatic heterocycles. The van der Waals surface area contributed by atoms with E-state index in [4.69, 9.17) is 0 Å². The Morgan fingerprint density at radius 3 is 2.52 bits per heavy atom. The molecule has 6 nitrogen and oxygen atoms in total. The summed E-state index contributed by atoms with van der Waals surface area (Å²) in [5.74, 6) is -0.445. The maximum Gasteiger partial charge on any atom is 0.250 e. The SMILES string of the molecule is O=C(Nc1nccs1)[C@@H](Cc1ccccc1)NS(=O)(=O)c1cccs1. The Kier molecular flexibility index (Phi) is 5.59. The molecule has 130 valence electrons. The maximum absolute atomic E-state index is 12.6. The van der Waals surface area contributed by atoms with Crippen LogP contribution in [0.1, 0.15) is 5.56 Å². The Bertz CT molecular complexity index is 908. The van der Waals surface area contributed by atoms with Crippen LogP contribution in [0.5, 0.6) is 0 Å². The third-order valence-corrected chi connectivity index (χ3v) is 6.88. The minimum absolute atomic E-state index is 0.174. The quantitative estimate of drug-likeness (QED) is 0.646. The van der Waals surface area contributed by atoms with E-state index in [9.17, 15) is 13.2 Å². The van der Waals surface area contributed by atoms with Gasteiger partial charge in [-0.05, 0) is 23.4 Å². The highest BCUT2D eigenvalue weighted by Gasteiger charge is 2.27. The van der Waals surface area contributed by atoms with Crippen LogP contribution in [0.2, 0.25) is 0 Å². The topological polar surface area (TPSA) is 88.2 Å². The molecule has 0 unspecified atom stereocenters. The summed E-state index contributed by atoms with van der Waals surface area (Å²) >= 11 is 2.38. The minimum Gasteiger partial charge on any atom is -0.301 e. The Labute approximate surface area is 153 Å². The number of nitrogens with zero attached hydrogens (tertiary/aromatic N) is 1. The van der Waals surface area contributed by atoms with E-state index >= 15 is 0 Å². The van der Waals surface area contributed by atoms with E-state index in [0.29, 0.717) is 5.13 Å². The normalized spacial score (nSPS) is 12.6. The Hall–Kier alpha value is -2.07. The highest BCUT2D eigenvalue weighted by atomic mass is 32.2. The van der Waals surface area contributed by atoms with Gasteiger partial charge in [-0.1, -0.05) is 36.4 Å². The fourth-order valence-corrected chi connectivity index (χ4v) is 4.91. The van der Waals surface area contributed by atoms with Crippen LogP contribution >= 0.6 is 22.7 Å². The van der Waals surface area contributed by atoms with Gasteiger partial charge in [-0.25, -0.2) is 13.4 Å². The van der Waals surface area contributed by atoms with Crippen LogP contribution in [0.4, 0.5) is 5.13 Å². The van der Waals surface area contributed by atoms with Crippen molar-refractivity contribution in [3.05, 3.63) is 65.0 Å². The highest BCUT2D eigenvalue weighted by Crippen LogP contribution is 2.18. The first kappa shape index (κ1) is 17.7. The zero-order valence-corrected chi connectivity index (χ0v) is 15.4. The van der Waals surface area contributed by atoms with Crippen molar-refractivity contribution in [3.8, 4) is 0 Å². The number of nitrogens with one attached hydrogen (secondary N) is 2. The number of hydrogen-bond acceptors (Lipinski definition) is 6. The molecule has 0 saturated heterocycles. The van der Waals surface area contributed by atoms with Gasteiger partial charge < -0.3 is 5.32 Å². The number of aromatic nitrogens is 1. The van der Waals surface area contributed by atoms with Crippen molar-refractivity contribution in [2.24, 2.45) is 0 Å². The van der Waals surface area contributed by atoms with E-state index < -0.39 is 22.0 Å². The summed E-state index contributed by atoms with van der Waals surface area (Å²) in [6.07, 6.45) is 1.81. The number of hydrogen-bond donors (Lipinski definition) is 2. The standard InChI is InChI=1S/C16H15N3O3S3/c20-15(18-16-17-8-10-24-16)13(11-12-5-2-1-3-6-12)19-25(21,22)14-7-4-9-23-14/h1-10,13,19H,11H2,(H,17,18,20)/t13-/m1/s1. The molecule has 0 bridgehead atoms. The minimum atomic E-state index is -3.77. The van der Waals surface area contributed by atoms with Crippen molar-refractivity contribution in [1.29, 1.82) is 0 Å². The van der Waals surface area contributed by atoms with Crippen molar-refractivity contribution in [3.63, 3.8) is 0 Å². The second-order valence-electron chi connectivity index (χ2n) is 5.12. The number of sulfonamides is 1. The van der Waals surface area contributed by atoms with Crippen molar-refractivity contribution in [2.75, 3.05) is 5.32 Å². The van der Waals surface area contributed by atoms with Crippen LogP contribution in [0.25, 0.3) is 0 Å². The van der Waals surface area contributed by atoms with E-state index in [1.165, 1.54) is 17.4 Å². The van der Waals surface area contributed by atoms with Crippen LogP contribution < -0.4 is 10.0 Å². The Morgan fingerprint density at radius 2 is 1.88 bits per heavy atom. The van der Waals surface area contributed by atoms with Gasteiger partial charge in [0, 0.05) is 11.6 Å². The smallest absolute Gasteiger partial charge is 0.250 e. The molecule has 1 aromatic carbocycles. The molecule has 9 heteroatoms. The van der Waals surface area contributed by atoms with Gasteiger partial charge >= 0.3 is 0 Å². The molecule has 2 N–H and O–H groups in total. The second-order valence-corrected chi connectivity index (χ2v) is 8.91. The maximum atomic E-state index is 12.6. The number of thiazole rings is 1. The summed E-state index contributed by atoms with van der Waals surface area (Å²) < 4.78 is 27.7. The molecule has 0 aliphatic carbocycles. The third kappa shape index (κ3) is 4.73. The van der Waals surface area contributed by atoms with Gasteiger partial charge in [0.25, 0.3) is 10.0 Å². The first-order chi connectivity index (χ1) is 12.0. The molecule has 3 aromatic rings. The average molecular weight is 394 g/mol. The summed E-state index contributed by atoms with van der Waals surface area (Å²) in [5.41, 5.74) is 0.857. The number of benzene rings is 1.